The van der Waals surface area contributed by atoms with E-state index < -0.39 is 28.5 Å². The van der Waals surface area contributed by atoms with Crippen molar-refractivity contribution in [3.8, 4) is 0 Å². The van der Waals surface area contributed by atoms with Gasteiger partial charge in [-0.05, 0) is 62.6 Å². The Morgan fingerprint density at radius 1 is 0.895 bits per heavy atom. The molecule has 8 heteroatoms. The first-order chi connectivity index (χ1) is 18.1. The molecule has 202 valence electrons. The lowest BCUT2D eigenvalue weighted by atomic mass is 10.1. The number of sulfonamides is 1. The Bertz CT molecular complexity index is 1330. The summed E-state index contributed by atoms with van der Waals surface area (Å²) in [6.45, 7) is 7.71. The largest absolute Gasteiger partial charge is 0.354 e. The number of nitrogens with one attached hydrogen (secondary N) is 1. The Morgan fingerprint density at radius 2 is 1.58 bits per heavy atom. The van der Waals surface area contributed by atoms with Crippen molar-refractivity contribution in [3.05, 3.63) is 95.6 Å². The molecule has 3 rings (SSSR count). The lowest BCUT2D eigenvalue weighted by Gasteiger charge is -2.32. The van der Waals surface area contributed by atoms with E-state index in [2.05, 4.69) is 5.32 Å². The van der Waals surface area contributed by atoms with E-state index in [1.165, 1.54) is 4.90 Å². The van der Waals surface area contributed by atoms with Crippen LogP contribution < -0.4 is 9.62 Å². The number of carbonyl (C=O) groups is 2. The van der Waals surface area contributed by atoms with E-state index in [0.29, 0.717) is 12.2 Å². The highest BCUT2D eigenvalue weighted by Gasteiger charge is 2.32. The fourth-order valence-electron chi connectivity index (χ4n) is 4.05. The van der Waals surface area contributed by atoms with Crippen molar-refractivity contribution in [2.75, 3.05) is 17.4 Å². The molecular weight excluding hydrogens is 498 g/mol. The first-order valence-electron chi connectivity index (χ1n) is 12.9. The third kappa shape index (κ3) is 7.44. The van der Waals surface area contributed by atoms with E-state index in [4.69, 9.17) is 0 Å². The van der Waals surface area contributed by atoms with E-state index in [1.807, 2.05) is 57.2 Å². The van der Waals surface area contributed by atoms with Crippen LogP contribution in [0.2, 0.25) is 0 Å². The van der Waals surface area contributed by atoms with E-state index in [0.717, 1.165) is 33.8 Å². The van der Waals surface area contributed by atoms with Crippen LogP contribution in [0.25, 0.3) is 0 Å². The molecule has 0 saturated heterocycles. The van der Waals surface area contributed by atoms with Crippen LogP contribution in [-0.2, 0) is 26.2 Å². The summed E-state index contributed by atoms with van der Waals surface area (Å²) in [4.78, 5) is 28.4. The average Bonchev–Trinajstić information content (AvgIpc) is 2.90. The van der Waals surface area contributed by atoms with Crippen LogP contribution in [0, 0.1) is 13.8 Å². The third-order valence-electron chi connectivity index (χ3n) is 6.37. The van der Waals surface area contributed by atoms with Crippen LogP contribution in [0.4, 0.5) is 5.69 Å². The standard InChI is InChI=1S/C30H37N3O4S/c1-5-6-19-31-30(35)25(4)32(21-26-12-8-7-9-13-26)29(34)22-33(27-14-10-11-24(3)20-27)38(36,37)28-17-15-23(2)16-18-28/h7-18,20,25H,5-6,19,21-22H2,1-4H3,(H,31,35)/t25-/m0/s1. The van der Waals surface area contributed by atoms with Gasteiger partial charge in [0.1, 0.15) is 12.6 Å². The second kappa shape index (κ2) is 13.2. The van der Waals surface area contributed by atoms with Crippen molar-refractivity contribution >= 4 is 27.5 Å². The zero-order valence-corrected chi connectivity index (χ0v) is 23.4. The number of benzene rings is 3. The molecule has 0 aliphatic carbocycles. The number of nitrogens with zero attached hydrogens (tertiary/aromatic N) is 2. The first kappa shape index (κ1) is 28.9. The van der Waals surface area contributed by atoms with Gasteiger partial charge in [-0.2, -0.15) is 0 Å². The number of carbonyl (C=O) groups excluding carboxylic acids is 2. The number of aryl methyl sites for hydroxylation is 2. The van der Waals surface area contributed by atoms with Crippen LogP contribution in [0.15, 0.2) is 83.8 Å². The van der Waals surface area contributed by atoms with Crippen molar-refractivity contribution in [3.63, 3.8) is 0 Å². The predicted octanol–water partition coefficient (Wildman–Crippen LogP) is 4.83. The van der Waals surface area contributed by atoms with Gasteiger partial charge in [-0.3, -0.25) is 13.9 Å². The summed E-state index contributed by atoms with van der Waals surface area (Å²) < 4.78 is 28.8. The average molecular weight is 536 g/mol. The number of rotatable bonds is 12. The molecule has 1 N–H and O–H groups in total. The Balaban J connectivity index is 1.98. The number of unbranched alkanes of at least 4 members (excludes halogenated alkanes) is 1. The molecule has 0 spiro atoms. The quantitative estimate of drug-likeness (QED) is 0.337. The normalized spacial score (nSPS) is 12.0. The summed E-state index contributed by atoms with van der Waals surface area (Å²) in [5, 5.41) is 2.89. The number of hydrogen-bond donors (Lipinski definition) is 1. The number of hydrogen-bond acceptors (Lipinski definition) is 4. The smallest absolute Gasteiger partial charge is 0.264 e. The second-order valence-corrected chi connectivity index (χ2v) is 11.4. The maximum Gasteiger partial charge on any atom is 0.264 e. The lowest BCUT2D eigenvalue weighted by Crippen LogP contribution is -2.51. The highest BCUT2D eigenvalue weighted by atomic mass is 32.2. The maximum atomic E-state index is 13.9. The maximum absolute atomic E-state index is 13.9. The Kier molecular flexibility index (Phi) is 10.1. The SMILES string of the molecule is CCCCNC(=O)[C@H](C)N(Cc1ccccc1)C(=O)CN(c1cccc(C)c1)S(=O)(=O)c1ccc(C)cc1. The minimum Gasteiger partial charge on any atom is -0.354 e. The molecule has 0 radical (unpaired) electrons. The molecule has 0 bridgehead atoms. The highest BCUT2D eigenvalue weighted by Crippen LogP contribution is 2.25. The molecule has 0 heterocycles. The highest BCUT2D eigenvalue weighted by molar-refractivity contribution is 7.92. The molecule has 1 atom stereocenters. The van der Waals surface area contributed by atoms with Gasteiger partial charge in [-0.25, -0.2) is 8.42 Å². The molecule has 0 aliphatic rings. The van der Waals surface area contributed by atoms with Gasteiger partial charge < -0.3 is 10.2 Å². The lowest BCUT2D eigenvalue weighted by molar-refractivity contribution is -0.139. The molecule has 38 heavy (non-hydrogen) atoms. The molecule has 2 amide bonds. The van der Waals surface area contributed by atoms with Crippen molar-refractivity contribution in [1.29, 1.82) is 0 Å². The van der Waals surface area contributed by atoms with Gasteiger partial charge in [0.15, 0.2) is 0 Å². The van der Waals surface area contributed by atoms with Gasteiger partial charge in [0, 0.05) is 13.1 Å². The zero-order chi connectivity index (χ0) is 27.7. The zero-order valence-electron chi connectivity index (χ0n) is 22.6. The summed E-state index contributed by atoms with van der Waals surface area (Å²) in [5.74, 6) is -0.740. The topological polar surface area (TPSA) is 86.8 Å². The first-order valence-corrected chi connectivity index (χ1v) is 14.3. The number of amides is 2. The summed E-state index contributed by atoms with van der Waals surface area (Å²) in [6.07, 6.45) is 1.77. The van der Waals surface area contributed by atoms with Gasteiger partial charge in [0.2, 0.25) is 11.8 Å². The monoisotopic (exact) mass is 535 g/mol. The third-order valence-corrected chi connectivity index (χ3v) is 8.16. The summed E-state index contributed by atoms with van der Waals surface area (Å²) in [5.41, 5.74) is 3.03. The number of anilines is 1. The molecule has 7 nitrogen and oxygen atoms in total. The van der Waals surface area contributed by atoms with E-state index >= 15 is 0 Å². The minimum absolute atomic E-state index is 0.0948. The second-order valence-electron chi connectivity index (χ2n) is 9.49. The van der Waals surface area contributed by atoms with Gasteiger partial charge in [0.05, 0.1) is 10.6 Å². The molecule has 0 aliphatic heterocycles. The van der Waals surface area contributed by atoms with Gasteiger partial charge in [0.25, 0.3) is 10.0 Å². The van der Waals surface area contributed by atoms with Crippen molar-refractivity contribution in [2.45, 2.75) is 58.0 Å². The fraction of sp³-hybridized carbons (Fsp3) is 0.333. The van der Waals surface area contributed by atoms with E-state index in [9.17, 15) is 18.0 Å². The molecule has 3 aromatic carbocycles. The van der Waals surface area contributed by atoms with Crippen LogP contribution in [-0.4, -0.2) is 44.3 Å². The Hall–Kier alpha value is -3.65. The van der Waals surface area contributed by atoms with E-state index in [-0.39, 0.29) is 17.3 Å². The van der Waals surface area contributed by atoms with E-state index in [1.54, 1.807) is 49.4 Å². The van der Waals surface area contributed by atoms with Gasteiger partial charge >= 0.3 is 0 Å². The van der Waals surface area contributed by atoms with Crippen molar-refractivity contribution < 1.29 is 18.0 Å². The minimum atomic E-state index is -4.07. The van der Waals surface area contributed by atoms with Gasteiger partial charge in [-0.1, -0.05) is 73.5 Å². The van der Waals surface area contributed by atoms with Crippen molar-refractivity contribution in [2.24, 2.45) is 0 Å². The van der Waals surface area contributed by atoms with Crippen LogP contribution >= 0.6 is 0 Å². The molecule has 0 saturated carbocycles. The van der Waals surface area contributed by atoms with Crippen LogP contribution in [0.3, 0.4) is 0 Å². The Labute approximate surface area is 226 Å². The fourth-order valence-corrected chi connectivity index (χ4v) is 5.45. The summed E-state index contributed by atoms with van der Waals surface area (Å²) >= 11 is 0. The van der Waals surface area contributed by atoms with Crippen molar-refractivity contribution in [1.82, 2.24) is 10.2 Å². The molecule has 0 aromatic heterocycles. The molecule has 0 fully saturated rings. The predicted molar refractivity (Wildman–Crippen MR) is 151 cm³/mol. The summed E-state index contributed by atoms with van der Waals surface area (Å²) in [7, 11) is -4.07. The Morgan fingerprint density at radius 3 is 2.21 bits per heavy atom. The molecule has 3 aromatic rings. The molecule has 0 unspecified atom stereocenters. The molecular formula is C30H37N3O4S. The van der Waals surface area contributed by atoms with Crippen LogP contribution in [0.1, 0.15) is 43.4 Å². The summed E-state index contributed by atoms with van der Waals surface area (Å²) in [6, 6.07) is 22.2. The van der Waals surface area contributed by atoms with Crippen LogP contribution in [0.5, 0.6) is 0 Å². The van der Waals surface area contributed by atoms with Gasteiger partial charge in [-0.15, -0.1) is 0 Å².